The summed E-state index contributed by atoms with van der Waals surface area (Å²) in [7, 11) is 0. The highest BCUT2D eigenvalue weighted by Crippen LogP contribution is 2.29. The number of carbonyl (C=O) groups excluding carboxylic acids is 2. The Balaban J connectivity index is 1.68. The third-order valence-electron chi connectivity index (χ3n) is 3.94. The van der Waals surface area contributed by atoms with Gasteiger partial charge in [-0.2, -0.15) is 5.11 Å². The molecule has 7 heteroatoms. The summed E-state index contributed by atoms with van der Waals surface area (Å²) in [6, 6.07) is 3.35. The predicted octanol–water partition coefficient (Wildman–Crippen LogP) is 2.05. The Morgan fingerprint density at radius 2 is 2.30 bits per heavy atom. The molecule has 1 N–H and O–H groups in total. The first-order valence-corrected chi connectivity index (χ1v) is 7.71. The lowest BCUT2D eigenvalue weighted by atomic mass is 9.86. The van der Waals surface area contributed by atoms with E-state index in [9.17, 15) is 9.59 Å². The predicted molar refractivity (Wildman–Crippen MR) is 82.2 cm³/mol. The van der Waals surface area contributed by atoms with Crippen LogP contribution >= 0.6 is 0 Å². The normalized spacial score (nSPS) is 23.0. The van der Waals surface area contributed by atoms with E-state index in [0.29, 0.717) is 24.5 Å². The molecule has 0 aromatic carbocycles. The fourth-order valence-electron chi connectivity index (χ4n) is 2.87. The van der Waals surface area contributed by atoms with Crippen LogP contribution in [-0.2, 0) is 4.79 Å². The maximum absolute atomic E-state index is 12.5. The van der Waals surface area contributed by atoms with Crippen LogP contribution in [0, 0.1) is 0 Å². The van der Waals surface area contributed by atoms with Gasteiger partial charge in [-0.3, -0.25) is 9.59 Å². The number of amides is 2. The van der Waals surface area contributed by atoms with Gasteiger partial charge in [0.25, 0.3) is 11.8 Å². The number of nitrogens with one attached hydrogen (secondary N) is 1. The van der Waals surface area contributed by atoms with E-state index >= 15 is 0 Å². The molecule has 0 saturated heterocycles. The van der Waals surface area contributed by atoms with Crippen molar-refractivity contribution in [3.05, 3.63) is 35.5 Å². The Morgan fingerprint density at radius 3 is 3.13 bits per heavy atom. The van der Waals surface area contributed by atoms with Crippen LogP contribution in [-0.4, -0.2) is 35.5 Å². The first kappa shape index (κ1) is 15.3. The van der Waals surface area contributed by atoms with Gasteiger partial charge in [-0.1, -0.05) is 0 Å². The lowest BCUT2D eigenvalue weighted by molar-refractivity contribution is -0.114. The van der Waals surface area contributed by atoms with Crippen molar-refractivity contribution in [2.24, 2.45) is 10.2 Å². The molecular weight excluding hydrogens is 296 g/mol. The third kappa shape index (κ3) is 3.44. The van der Waals surface area contributed by atoms with E-state index in [4.69, 9.17) is 4.74 Å². The summed E-state index contributed by atoms with van der Waals surface area (Å²) < 4.78 is 5.39. The maximum atomic E-state index is 12.5. The smallest absolute Gasteiger partial charge is 0.287 e. The Labute approximate surface area is 133 Å². The molecule has 1 aromatic heterocycles. The summed E-state index contributed by atoms with van der Waals surface area (Å²) in [4.78, 5) is 27.9. The molecule has 0 bridgehead atoms. The third-order valence-corrected chi connectivity index (χ3v) is 3.94. The van der Waals surface area contributed by atoms with E-state index in [1.165, 1.54) is 6.08 Å². The van der Waals surface area contributed by atoms with Crippen molar-refractivity contribution >= 4 is 11.8 Å². The van der Waals surface area contributed by atoms with Crippen molar-refractivity contribution in [2.45, 2.75) is 38.3 Å². The summed E-state index contributed by atoms with van der Waals surface area (Å²) in [6.07, 6.45) is 5.32. The maximum Gasteiger partial charge on any atom is 0.287 e. The molecule has 1 aliphatic carbocycles. The number of aromatic nitrogens is 1. The topological polar surface area (TPSA) is 93.0 Å². The van der Waals surface area contributed by atoms with Gasteiger partial charge in [-0.05, 0) is 43.9 Å². The fourth-order valence-corrected chi connectivity index (χ4v) is 2.87. The van der Waals surface area contributed by atoms with E-state index in [-0.39, 0.29) is 23.9 Å². The SMILES string of the molecule is CCOc1ncccc1C(=O)NC1CCC2N=NC(=O)C=C2C1. The van der Waals surface area contributed by atoms with Crippen LogP contribution in [0.1, 0.15) is 36.5 Å². The van der Waals surface area contributed by atoms with Gasteiger partial charge in [-0.15, -0.1) is 5.11 Å². The molecule has 23 heavy (non-hydrogen) atoms. The summed E-state index contributed by atoms with van der Waals surface area (Å²) >= 11 is 0. The molecular formula is C16H18N4O3. The number of hydrogen-bond donors (Lipinski definition) is 1. The van der Waals surface area contributed by atoms with Crippen molar-refractivity contribution in [1.82, 2.24) is 10.3 Å². The Hall–Kier alpha value is -2.57. The van der Waals surface area contributed by atoms with Gasteiger partial charge in [-0.25, -0.2) is 4.98 Å². The van der Waals surface area contributed by atoms with Crippen molar-refractivity contribution in [3.8, 4) is 5.88 Å². The number of azo groups is 1. The molecule has 2 heterocycles. The molecule has 2 amide bonds. The molecule has 7 nitrogen and oxygen atoms in total. The van der Waals surface area contributed by atoms with Gasteiger partial charge < -0.3 is 10.1 Å². The van der Waals surface area contributed by atoms with Crippen LogP contribution in [0.3, 0.4) is 0 Å². The Bertz CT molecular complexity index is 684. The zero-order valence-corrected chi connectivity index (χ0v) is 12.9. The summed E-state index contributed by atoms with van der Waals surface area (Å²) in [5.41, 5.74) is 1.36. The van der Waals surface area contributed by atoms with Crippen molar-refractivity contribution in [3.63, 3.8) is 0 Å². The molecule has 2 aliphatic rings. The van der Waals surface area contributed by atoms with E-state index in [1.807, 2.05) is 6.92 Å². The number of ether oxygens (including phenoxy) is 1. The molecule has 0 spiro atoms. The van der Waals surface area contributed by atoms with Gasteiger partial charge in [0.2, 0.25) is 5.88 Å². The minimum Gasteiger partial charge on any atom is -0.477 e. The molecule has 1 fully saturated rings. The number of hydrogen-bond acceptors (Lipinski definition) is 5. The highest BCUT2D eigenvalue weighted by atomic mass is 16.5. The van der Waals surface area contributed by atoms with E-state index in [0.717, 1.165) is 18.4 Å². The number of carbonyl (C=O) groups is 2. The van der Waals surface area contributed by atoms with Crippen LogP contribution in [0.2, 0.25) is 0 Å². The van der Waals surface area contributed by atoms with E-state index < -0.39 is 0 Å². The molecule has 2 atom stereocenters. The van der Waals surface area contributed by atoms with E-state index in [2.05, 4.69) is 20.5 Å². The first-order chi connectivity index (χ1) is 11.2. The van der Waals surface area contributed by atoms with Crippen molar-refractivity contribution < 1.29 is 14.3 Å². The minimum absolute atomic E-state index is 0.0155. The van der Waals surface area contributed by atoms with Crippen LogP contribution in [0.5, 0.6) is 5.88 Å². The molecule has 1 saturated carbocycles. The summed E-state index contributed by atoms with van der Waals surface area (Å²) in [5, 5.41) is 10.6. The number of fused-ring (bicyclic) bond motifs is 1. The molecule has 120 valence electrons. The standard InChI is InChI=1S/C16H18N4O3/c1-2-23-16-12(4-3-7-17-16)15(22)18-11-5-6-13-10(8-11)9-14(21)20-19-13/h3-4,7,9,11,13H,2,5-6,8H2,1H3,(H,18,22). The highest BCUT2D eigenvalue weighted by Gasteiger charge is 2.29. The van der Waals surface area contributed by atoms with Gasteiger partial charge in [0.05, 0.1) is 12.6 Å². The van der Waals surface area contributed by atoms with Crippen molar-refractivity contribution in [2.75, 3.05) is 6.61 Å². The second-order valence-electron chi connectivity index (χ2n) is 5.53. The van der Waals surface area contributed by atoms with Gasteiger partial charge >= 0.3 is 0 Å². The average Bonchev–Trinajstić information content (AvgIpc) is 2.55. The molecule has 1 aromatic rings. The fraction of sp³-hybridized carbons (Fsp3) is 0.438. The van der Waals surface area contributed by atoms with Crippen LogP contribution < -0.4 is 10.1 Å². The number of rotatable bonds is 4. The monoisotopic (exact) mass is 314 g/mol. The number of pyridine rings is 1. The lowest BCUT2D eigenvalue weighted by Gasteiger charge is -2.30. The van der Waals surface area contributed by atoms with Gasteiger partial charge in [0.1, 0.15) is 5.56 Å². The van der Waals surface area contributed by atoms with Crippen LogP contribution in [0.25, 0.3) is 0 Å². The second-order valence-corrected chi connectivity index (χ2v) is 5.53. The zero-order chi connectivity index (χ0) is 16.2. The molecule has 3 rings (SSSR count). The summed E-state index contributed by atoms with van der Waals surface area (Å²) in [6.45, 7) is 2.29. The van der Waals surface area contributed by atoms with Gasteiger partial charge in [0, 0.05) is 18.3 Å². The van der Waals surface area contributed by atoms with Crippen LogP contribution in [0.4, 0.5) is 0 Å². The zero-order valence-electron chi connectivity index (χ0n) is 12.9. The highest BCUT2D eigenvalue weighted by molar-refractivity contribution is 5.96. The lowest BCUT2D eigenvalue weighted by Crippen LogP contribution is -2.40. The second kappa shape index (κ2) is 6.68. The van der Waals surface area contributed by atoms with Crippen molar-refractivity contribution in [1.29, 1.82) is 0 Å². The minimum atomic E-state index is -0.325. The molecule has 0 radical (unpaired) electrons. The Kier molecular flexibility index (Phi) is 4.45. The largest absolute Gasteiger partial charge is 0.477 e. The quantitative estimate of drug-likeness (QED) is 0.920. The first-order valence-electron chi connectivity index (χ1n) is 7.71. The number of nitrogens with zero attached hydrogens (tertiary/aromatic N) is 3. The molecule has 2 unspecified atom stereocenters. The summed E-state index contributed by atoms with van der Waals surface area (Å²) in [5.74, 6) is -0.203. The van der Waals surface area contributed by atoms with Crippen LogP contribution in [0.15, 0.2) is 40.2 Å². The van der Waals surface area contributed by atoms with E-state index in [1.54, 1.807) is 18.3 Å². The Morgan fingerprint density at radius 1 is 1.43 bits per heavy atom. The van der Waals surface area contributed by atoms with Gasteiger partial charge in [0.15, 0.2) is 0 Å². The molecule has 1 aliphatic heterocycles. The average molecular weight is 314 g/mol.